The van der Waals surface area contributed by atoms with Gasteiger partial charge in [-0.2, -0.15) is 0 Å². The Hall–Kier alpha value is -1.84. The molecule has 86 valence electrons. The van der Waals surface area contributed by atoms with E-state index in [1.165, 1.54) is 13.2 Å². The van der Waals surface area contributed by atoms with Crippen LogP contribution < -0.4 is 4.74 Å². The fourth-order valence-electron chi connectivity index (χ4n) is 1.23. The van der Waals surface area contributed by atoms with Crippen LogP contribution in [0.4, 0.5) is 0 Å². The van der Waals surface area contributed by atoms with Gasteiger partial charge in [0, 0.05) is 5.56 Å². The van der Waals surface area contributed by atoms with Gasteiger partial charge in [0.25, 0.3) is 0 Å². The minimum absolute atomic E-state index is 0.278. The average Bonchev–Trinajstić information content (AvgIpc) is 2.35. The molecule has 0 heterocycles. The molecular weight excluding hydrogens is 208 g/mol. The second-order valence-electron chi connectivity index (χ2n) is 3.21. The molecule has 0 fully saturated rings. The molecule has 1 rings (SSSR count). The molecule has 0 aliphatic rings. The van der Waals surface area contributed by atoms with Crippen molar-refractivity contribution in [2.24, 2.45) is 0 Å². The van der Waals surface area contributed by atoms with E-state index >= 15 is 0 Å². The lowest BCUT2D eigenvalue weighted by atomic mass is 10.1. The Morgan fingerprint density at radius 1 is 1.44 bits per heavy atom. The van der Waals surface area contributed by atoms with Crippen molar-refractivity contribution in [1.29, 1.82) is 0 Å². The van der Waals surface area contributed by atoms with Gasteiger partial charge in [0.1, 0.15) is 17.6 Å². The van der Waals surface area contributed by atoms with Crippen molar-refractivity contribution in [3.63, 3.8) is 0 Å². The van der Waals surface area contributed by atoms with Gasteiger partial charge in [0.15, 0.2) is 0 Å². The summed E-state index contributed by atoms with van der Waals surface area (Å²) in [5.41, 5.74) is 0.699. The van der Waals surface area contributed by atoms with E-state index in [0.29, 0.717) is 24.2 Å². The first kappa shape index (κ1) is 12.2. The van der Waals surface area contributed by atoms with E-state index in [0.717, 1.165) is 6.42 Å². The minimum Gasteiger partial charge on any atom is -0.493 e. The first-order valence-electron chi connectivity index (χ1n) is 5.03. The van der Waals surface area contributed by atoms with Crippen LogP contribution in [0.25, 0.3) is 0 Å². The molecule has 4 nitrogen and oxygen atoms in total. The summed E-state index contributed by atoms with van der Waals surface area (Å²) in [6.45, 7) is 2.49. The van der Waals surface area contributed by atoms with Crippen molar-refractivity contribution in [2.45, 2.75) is 13.3 Å². The largest absolute Gasteiger partial charge is 0.493 e. The zero-order valence-corrected chi connectivity index (χ0v) is 9.36. The fraction of sp³-hybridized carbons (Fsp3) is 0.333. The second-order valence-corrected chi connectivity index (χ2v) is 3.21. The molecule has 0 saturated heterocycles. The monoisotopic (exact) mass is 222 g/mol. The van der Waals surface area contributed by atoms with Crippen LogP contribution in [-0.2, 0) is 4.74 Å². The van der Waals surface area contributed by atoms with Gasteiger partial charge in [-0.05, 0) is 24.6 Å². The number of rotatable bonds is 5. The van der Waals surface area contributed by atoms with Gasteiger partial charge >= 0.3 is 5.97 Å². The number of hydrogen-bond acceptors (Lipinski definition) is 4. The fourth-order valence-corrected chi connectivity index (χ4v) is 1.23. The molecule has 0 aromatic heterocycles. The summed E-state index contributed by atoms with van der Waals surface area (Å²) in [6.07, 6.45) is 1.52. The van der Waals surface area contributed by atoms with Gasteiger partial charge in [-0.3, -0.25) is 4.79 Å². The third kappa shape index (κ3) is 2.82. The van der Waals surface area contributed by atoms with Crippen LogP contribution in [0.2, 0.25) is 0 Å². The number of hydrogen-bond donors (Lipinski definition) is 0. The van der Waals surface area contributed by atoms with Gasteiger partial charge in [0.2, 0.25) is 0 Å². The molecule has 16 heavy (non-hydrogen) atoms. The minimum atomic E-state index is -0.505. The van der Waals surface area contributed by atoms with Gasteiger partial charge in [-0.15, -0.1) is 0 Å². The molecule has 0 spiro atoms. The van der Waals surface area contributed by atoms with E-state index in [4.69, 9.17) is 4.74 Å². The molecule has 0 radical (unpaired) electrons. The van der Waals surface area contributed by atoms with Crippen molar-refractivity contribution < 1.29 is 19.1 Å². The number of aldehydes is 1. The molecule has 0 saturated carbocycles. The number of esters is 1. The van der Waals surface area contributed by atoms with Crippen molar-refractivity contribution in [3.05, 3.63) is 29.3 Å². The number of ether oxygens (including phenoxy) is 2. The van der Waals surface area contributed by atoms with Gasteiger partial charge in [0.05, 0.1) is 13.7 Å². The molecule has 0 N–H and O–H groups in total. The number of methoxy groups -OCH3 is 1. The summed E-state index contributed by atoms with van der Waals surface area (Å²) in [5, 5.41) is 0. The molecule has 0 amide bonds. The Morgan fingerprint density at radius 2 is 2.19 bits per heavy atom. The topological polar surface area (TPSA) is 52.6 Å². The SMILES string of the molecule is CCCOc1ccc(C=O)cc1C(=O)OC. The first-order valence-corrected chi connectivity index (χ1v) is 5.03. The normalized spacial score (nSPS) is 9.62. The van der Waals surface area contributed by atoms with E-state index < -0.39 is 5.97 Å². The third-order valence-corrected chi connectivity index (χ3v) is 2.01. The van der Waals surface area contributed by atoms with E-state index in [1.807, 2.05) is 6.92 Å². The number of carbonyl (C=O) groups is 2. The summed E-state index contributed by atoms with van der Waals surface area (Å²) in [7, 11) is 1.29. The van der Waals surface area contributed by atoms with Crippen molar-refractivity contribution in [2.75, 3.05) is 13.7 Å². The molecule has 1 aromatic rings. The summed E-state index contributed by atoms with van der Waals surface area (Å²) < 4.78 is 10.0. The zero-order valence-electron chi connectivity index (χ0n) is 9.36. The standard InChI is InChI=1S/C12H14O4/c1-3-6-16-11-5-4-9(8-13)7-10(11)12(14)15-2/h4-5,7-8H,3,6H2,1-2H3. The van der Waals surface area contributed by atoms with Crippen LogP contribution in [0.1, 0.15) is 34.1 Å². The summed E-state index contributed by atoms with van der Waals surface area (Å²) in [6, 6.07) is 4.67. The van der Waals surface area contributed by atoms with Gasteiger partial charge in [-0.1, -0.05) is 6.92 Å². The first-order chi connectivity index (χ1) is 7.72. The maximum Gasteiger partial charge on any atom is 0.341 e. The molecular formula is C12H14O4. The maximum atomic E-state index is 11.4. The van der Waals surface area contributed by atoms with E-state index in [2.05, 4.69) is 4.74 Å². The predicted molar refractivity (Wildman–Crippen MR) is 59.0 cm³/mol. The smallest absolute Gasteiger partial charge is 0.341 e. The molecule has 0 bridgehead atoms. The summed E-state index contributed by atoms with van der Waals surface area (Å²) in [4.78, 5) is 22.0. The van der Waals surface area contributed by atoms with E-state index in [1.54, 1.807) is 12.1 Å². The van der Waals surface area contributed by atoms with Crippen molar-refractivity contribution in [3.8, 4) is 5.75 Å². The summed E-state index contributed by atoms with van der Waals surface area (Å²) >= 11 is 0. The lowest BCUT2D eigenvalue weighted by Crippen LogP contribution is -2.07. The molecule has 0 atom stereocenters. The molecule has 1 aromatic carbocycles. The average molecular weight is 222 g/mol. The highest BCUT2D eigenvalue weighted by Crippen LogP contribution is 2.20. The number of benzene rings is 1. The highest BCUT2D eigenvalue weighted by atomic mass is 16.5. The Labute approximate surface area is 94.2 Å². The number of carbonyl (C=O) groups excluding carboxylic acids is 2. The zero-order chi connectivity index (χ0) is 12.0. The lowest BCUT2D eigenvalue weighted by molar-refractivity contribution is 0.0596. The van der Waals surface area contributed by atoms with Crippen LogP contribution in [0.15, 0.2) is 18.2 Å². The lowest BCUT2D eigenvalue weighted by Gasteiger charge is -2.09. The van der Waals surface area contributed by atoms with Crippen LogP contribution in [0, 0.1) is 0 Å². The third-order valence-electron chi connectivity index (χ3n) is 2.01. The van der Waals surface area contributed by atoms with Gasteiger partial charge < -0.3 is 9.47 Å². The summed E-state index contributed by atoms with van der Waals surface area (Å²) in [5.74, 6) is -0.0610. The van der Waals surface area contributed by atoms with Crippen LogP contribution in [-0.4, -0.2) is 26.0 Å². The van der Waals surface area contributed by atoms with Crippen molar-refractivity contribution in [1.82, 2.24) is 0 Å². The van der Waals surface area contributed by atoms with Crippen molar-refractivity contribution >= 4 is 12.3 Å². The molecule has 0 aliphatic carbocycles. The van der Waals surface area contributed by atoms with Crippen LogP contribution in [0.3, 0.4) is 0 Å². The second kappa shape index (κ2) is 5.90. The van der Waals surface area contributed by atoms with E-state index in [9.17, 15) is 9.59 Å². The molecule has 4 heteroatoms. The highest BCUT2D eigenvalue weighted by Gasteiger charge is 2.13. The Balaban J connectivity index is 3.05. The molecule has 0 aliphatic heterocycles. The van der Waals surface area contributed by atoms with Crippen LogP contribution in [0.5, 0.6) is 5.75 Å². The Kier molecular flexibility index (Phi) is 4.51. The molecule has 0 unspecified atom stereocenters. The van der Waals surface area contributed by atoms with Gasteiger partial charge in [-0.25, -0.2) is 4.79 Å². The predicted octanol–water partition coefficient (Wildman–Crippen LogP) is 2.07. The quantitative estimate of drug-likeness (QED) is 0.565. The maximum absolute atomic E-state index is 11.4. The highest BCUT2D eigenvalue weighted by molar-refractivity contribution is 5.94. The van der Waals surface area contributed by atoms with E-state index in [-0.39, 0.29) is 5.56 Å². The Bertz CT molecular complexity index is 385. The Morgan fingerprint density at radius 3 is 2.75 bits per heavy atom. The van der Waals surface area contributed by atoms with Crippen LogP contribution >= 0.6 is 0 Å².